The van der Waals surface area contributed by atoms with Gasteiger partial charge in [-0.25, -0.2) is 8.42 Å². The van der Waals surface area contributed by atoms with E-state index in [4.69, 9.17) is 23.2 Å². The highest BCUT2D eigenvalue weighted by Crippen LogP contribution is 2.26. The minimum atomic E-state index is -3.79. The number of benzene rings is 2. The maximum atomic E-state index is 13.6. The molecular weight excluding hydrogens is 497 g/mol. The largest absolute Gasteiger partial charge is 0.355 e. The Morgan fingerprint density at radius 2 is 1.71 bits per heavy atom. The van der Waals surface area contributed by atoms with Crippen LogP contribution in [0.4, 0.5) is 5.69 Å². The van der Waals surface area contributed by atoms with Crippen LogP contribution in [0.15, 0.2) is 36.4 Å². The topological polar surface area (TPSA) is 86.8 Å². The zero-order chi connectivity index (χ0) is 25.6. The van der Waals surface area contributed by atoms with Gasteiger partial charge in [-0.1, -0.05) is 48.3 Å². The Balaban J connectivity index is 2.50. The number of hydrogen-bond donors (Lipinski definition) is 1. The van der Waals surface area contributed by atoms with Crippen molar-refractivity contribution in [3.63, 3.8) is 0 Å². The van der Waals surface area contributed by atoms with E-state index in [2.05, 4.69) is 5.32 Å². The lowest BCUT2D eigenvalue weighted by atomic mass is 10.1. The van der Waals surface area contributed by atoms with E-state index in [1.807, 2.05) is 19.1 Å². The molecule has 0 fully saturated rings. The summed E-state index contributed by atoms with van der Waals surface area (Å²) in [6.45, 7) is 7.26. The monoisotopic (exact) mass is 527 g/mol. The zero-order valence-electron chi connectivity index (χ0n) is 20.1. The molecule has 1 atom stereocenters. The van der Waals surface area contributed by atoms with Gasteiger partial charge in [0.05, 0.1) is 22.0 Å². The van der Waals surface area contributed by atoms with Crippen molar-refractivity contribution in [2.45, 2.75) is 46.7 Å². The van der Waals surface area contributed by atoms with Gasteiger partial charge >= 0.3 is 0 Å². The molecule has 0 aliphatic carbocycles. The van der Waals surface area contributed by atoms with Gasteiger partial charge in [0.2, 0.25) is 21.8 Å². The third kappa shape index (κ3) is 7.10. The Morgan fingerprint density at radius 1 is 1.03 bits per heavy atom. The van der Waals surface area contributed by atoms with E-state index in [-0.39, 0.29) is 12.5 Å². The lowest BCUT2D eigenvalue weighted by molar-refractivity contribution is -0.140. The number of aryl methyl sites for hydroxylation is 2. The van der Waals surface area contributed by atoms with E-state index in [0.717, 1.165) is 21.7 Å². The van der Waals surface area contributed by atoms with Gasteiger partial charge in [-0.3, -0.25) is 13.9 Å². The van der Waals surface area contributed by atoms with Crippen LogP contribution in [0, 0.1) is 13.8 Å². The molecule has 0 saturated carbocycles. The van der Waals surface area contributed by atoms with Crippen molar-refractivity contribution in [1.29, 1.82) is 0 Å². The van der Waals surface area contributed by atoms with Gasteiger partial charge in [0.15, 0.2) is 0 Å². The van der Waals surface area contributed by atoms with Crippen LogP contribution >= 0.6 is 23.2 Å². The number of likely N-dealkylation sites (N-methyl/N-ethyl adjacent to an activating group) is 1. The van der Waals surface area contributed by atoms with Crippen LogP contribution in [0.25, 0.3) is 0 Å². The maximum Gasteiger partial charge on any atom is 0.244 e. The fourth-order valence-electron chi connectivity index (χ4n) is 3.63. The summed E-state index contributed by atoms with van der Waals surface area (Å²) < 4.78 is 26.5. The number of nitrogens with zero attached hydrogens (tertiary/aromatic N) is 2. The molecule has 186 valence electrons. The fraction of sp³-hybridized carbons (Fsp3) is 0.417. The van der Waals surface area contributed by atoms with Gasteiger partial charge in [0.25, 0.3) is 0 Å². The molecule has 2 aromatic carbocycles. The molecule has 0 radical (unpaired) electrons. The molecule has 0 saturated heterocycles. The third-order valence-electron chi connectivity index (χ3n) is 5.39. The maximum absolute atomic E-state index is 13.6. The van der Waals surface area contributed by atoms with Gasteiger partial charge in [-0.2, -0.15) is 0 Å². The van der Waals surface area contributed by atoms with Crippen molar-refractivity contribution >= 4 is 50.7 Å². The summed E-state index contributed by atoms with van der Waals surface area (Å²) in [6.07, 6.45) is 1.41. The van der Waals surface area contributed by atoms with Crippen molar-refractivity contribution in [3.05, 3.63) is 63.1 Å². The summed E-state index contributed by atoms with van der Waals surface area (Å²) in [5.74, 6) is -0.813. The van der Waals surface area contributed by atoms with Crippen LogP contribution in [-0.2, 0) is 26.2 Å². The van der Waals surface area contributed by atoms with E-state index < -0.39 is 28.5 Å². The molecule has 2 amide bonds. The number of amides is 2. The number of hydrogen-bond acceptors (Lipinski definition) is 4. The minimum absolute atomic E-state index is 0.0652. The molecule has 2 aromatic rings. The first-order valence-corrected chi connectivity index (χ1v) is 13.6. The van der Waals surface area contributed by atoms with Gasteiger partial charge in [0.1, 0.15) is 12.6 Å². The number of halogens is 2. The molecule has 0 spiro atoms. The van der Waals surface area contributed by atoms with Crippen LogP contribution in [0.1, 0.15) is 37.0 Å². The first-order valence-electron chi connectivity index (χ1n) is 10.9. The van der Waals surface area contributed by atoms with Crippen LogP contribution in [0.5, 0.6) is 0 Å². The number of carbonyl (C=O) groups excluding carboxylic acids is 2. The first-order chi connectivity index (χ1) is 15.9. The third-order valence-corrected chi connectivity index (χ3v) is 7.25. The van der Waals surface area contributed by atoms with Gasteiger partial charge < -0.3 is 10.2 Å². The number of sulfonamides is 1. The molecule has 34 heavy (non-hydrogen) atoms. The number of rotatable bonds is 10. The molecule has 10 heteroatoms. The highest BCUT2D eigenvalue weighted by molar-refractivity contribution is 7.92. The molecule has 0 aromatic heterocycles. The second kappa shape index (κ2) is 11.9. The van der Waals surface area contributed by atoms with E-state index in [9.17, 15) is 18.0 Å². The van der Waals surface area contributed by atoms with Crippen molar-refractivity contribution in [2.75, 3.05) is 23.7 Å². The molecule has 2 rings (SSSR count). The summed E-state index contributed by atoms with van der Waals surface area (Å²) in [4.78, 5) is 27.8. The molecular formula is C24H31Cl2N3O4S. The predicted octanol–water partition coefficient (Wildman–Crippen LogP) is 4.32. The fourth-order valence-corrected chi connectivity index (χ4v) is 4.85. The van der Waals surface area contributed by atoms with E-state index >= 15 is 0 Å². The van der Waals surface area contributed by atoms with Crippen LogP contribution in [0.2, 0.25) is 10.0 Å². The van der Waals surface area contributed by atoms with Gasteiger partial charge in [-0.15, -0.1) is 0 Å². The zero-order valence-corrected chi connectivity index (χ0v) is 22.4. The number of nitrogens with one attached hydrogen (secondary N) is 1. The van der Waals surface area contributed by atoms with Crippen LogP contribution in [-0.4, -0.2) is 50.5 Å². The Bertz CT molecular complexity index is 1150. The lowest BCUT2D eigenvalue weighted by Gasteiger charge is -2.33. The Hall–Kier alpha value is -2.29. The predicted molar refractivity (Wildman–Crippen MR) is 138 cm³/mol. The summed E-state index contributed by atoms with van der Waals surface area (Å²) in [6, 6.07) is 9.60. The Kier molecular flexibility index (Phi) is 9.79. The average Bonchev–Trinajstić information content (AvgIpc) is 2.75. The molecule has 0 heterocycles. The minimum Gasteiger partial charge on any atom is -0.355 e. The highest BCUT2D eigenvalue weighted by Gasteiger charge is 2.32. The second-order valence-electron chi connectivity index (χ2n) is 8.15. The van der Waals surface area contributed by atoms with Gasteiger partial charge in [-0.05, 0) is 62.1 Å². The number of carbonyl (C=O) groups is 2. The second-order valence-corrected chi connectivity index (χ2v) is 10.9. The van der Waals surface area contributed by atoms with Crippen molar-refractivity contribution in [2.24, 2.45) is 0 Å². The molecule has 0 aliphatic rings. The lowest BCUT2D eigenvalue weighted by Crippen LogP contribution is -2.52. The van der Waals surface area contributed by atoms with Crippen molar-refractivity contribution < 1.29 is 18.0 Å². The van der Waals surface area contributed by atoms with E-state index in [1.165, 1.54) is 4.90 Å². The molecule has 1 unspecified atom stereocenters. The normalized spacial score (nSPS) is 12.2. The Morgan fingerprint density at radius 3 is 2.26 bits per heavy atom. The molecule has 0 bridgehead atoms. The smallest absolute Gasteiger partial charge is 0.244 e. The summed E-state index contributed by atoms with van der Waals surface area (Å²) in [5.41, 5.74) is 2.68. The van der Waals surface area contributed by atoms with E-state index in [1.54, 1.807) is 45.0 Å². The van der Waals surface area contributed by atoms with Crippen molar-refractivity contribution in [1.82, 2.24) is 10.2 Å². The molecule has 1 N–H and O–H groups in total. The average molecular weight is 529 g/mol. The molecule has 0 aliphatic heterocycles. The summed E-state index contributed by atoms with van der Waals surface area (Å²) >= 11 is 12.2. The van der Waals surface area contributed by atoms with Crippen LogP contribution < -0.4 is 9.62 Å². The standard InChI is InChI=1S/C24H31Cl2N3O4S/c1-6-21(24(31)27-7-2)28(14-18-10-11-19(25)20(26)13-18)23(30)15-29(34(5,32)33)22-12-16(3)8-9-17(22)4/h8-13,21H,6-7,14-15H2,1-5H3,(H,27,31). The Labute approximate surface area is 212 Å². The van der Waals surface area contributed by atoms with E-state index in [0.29, 0.717) is 34.3 Å². The molecule has 7 nitrogen and oxygen atoms in total. The van der Waals surface area contributed by atoms with Crippen molar-refractivity contribution in [3.8, 4) is 0 Å². The summed E-state index contributed by atoms with van der Waals surface area (Å²) in [7, 11) is -3.79. The van der Waals surface area contributed by atoms with Crippen LogP contribution in [0.3, 0.4) is 0 Å². The SMILES string of the molecule is CCNC(=O)C(CC)N(Cc1ccc(Cl)c(Cl)c1)C(=O)CN(c1cc(C)ccc1C)S(C)(=O)=O. The quantitative estimate of drug-likeness (QED) is 0.498. The first kappa shape index (κ1) is 28.0. The van der Waals surface area contributed by atoms with Gasteiger partial charge in [0, 0.05) is 13.1 Å². The summed E-state index contributed by atoms with van der Waals surface area (Å²) in [5, 5.41) is 3.46. The highest BCUT2D eigenvalue weighted by atomic mass is 35.5. The number of anilines is 1.